The van der Waals surface area contributed by atoms with Gasteiger partial charge >= 0.3 is 0 Å². The molecule has 0 saturated carbocycles. The van der Waals surface area contributed by atoms with Gasteiger partial charge in [0.1, 0.15) is 11.5 Å². The molecule has 0 radical (unpaired) electrons. The first kappa shape index (κ1) is 17.9. The summed E-state index contributed by atoms with van der Waals surface area (Å²) in [5.41, 5.74) is 5.10. The second-order valence-electron chi connectivity index (χ2n) is 6.71. The lowest BCUT2D eigenvalue weighted by molar-refractivity contribution is 0.311. The standard InChI is InChI=1S/C22H24N2O2S/c1-16-23-21(15-27-16)17-4-9-22-18(14-17)10-12-24(22)11-3-13-26-20-7-5-19(25-2)6-8-20/h4-9,14-15H,3,10-13H2,1-2H3. The molecule has 2 heterocycles. The molecule has 0 unspecified atom stereocenters. The van der Waals surface area contributed by atoms with Crippen molar-refractivity contribution >= 4 is 17.0 Å². The van der Waals surface area contributed by atoms with E-state index in [0.717, 1.165) is 48.1 Å². The van der Waals surface area contributed by atoms with Gasteiger partial charge in [-0.2, -0.15) is 0 Å². The van der Waals surface area contributed by atoms with Gasteiger partial charge in [0.2, 0.25) is 0 Å². The zero-order valence-corrected chi connectivity index (χ0v) is 16.6. The van der Waals surface area contributed by atoms with E-state index in [2.05, 4.69) is 40.4 Å². The van der Waals surface area contributed by atoms with Crippen LogP contribution < -0.4 is 14.4 Å². The molecule has 3 aromatic rings. The summed E-state index contributed by atoms with van der Waals surface area (Å²) in [5, 5.41) is 3.25. The third-order valence-corrected chi connectivity index (χ3v) is 5.66. The molecule has 0 saturated heterocycles. The number of rotatable bonds is 7. The smallest absolute Gasteiger partial charge is 0.119 e. The van der Waals surface area contributed by atoms with E-state index in [-0.39, 0.29) is 0 Å². The second kappa shape index (κ2) is 8.01. The molecule has 0 N–H and O–H groups in total. The van der Waals surface area contributed by atoms with E-state index in [4.69, 9.17) is 9.47 Å². The van der Waals surface area contributed by atoms with Crippen molar-refractivity contribution in [3.8, 4) is 22.8 Å². The minimum atomic E-state index is 0.717. The summed E-state index contributed by atoms with van der Waals surface area (Å²) in [5.74, 6) is 1.74. The van der Waals surface area contributed by atoms with Crippen LogP contribution in [-0.2, 0) is 6.42 Å². The van der Waals surface area contributed by atoms with E-state index in [1.54, 1.807) is 18.4 Å². The summed E-state index contributed by atoms with van der Waals surface area (Å²) in [6.45, 7) is 4.86. The van der Waals surface area contributed by atoms with Crippen molar-refractivity contribution in [2.75, 3.05) is 31.7 Å². The summed E-state index contributed by atoms with van der Waals surface area (Å²) in [7, 11) is 1.67. The number of fused-ring (bicyclic) bond motifs is 1. The van der Waals surface area contributed by atoms with Gasteiger partial charge in [-0.15, -0.1) is 11.3 Å². The van der Waals surface area contributed by atoms with Gasteiger partial charge in [0.25, 0.3) is 0 Å². The first-order valence-electron chi connectivity index (χ1n) is 9.30. The third kappa shape index (κ3) is 4.08. The fourth-order valence-corrected chi connectivity index (χ4v) is 4.10. The van der Waals surface area contributed by atoms with Crippen molar-refractivity contribution in [2.45, 2.75) is 19.8 Å². The highest BCUT2D eigenvalue weighted by Gasteiger charge is 2.19. The number of ether oxygens (including phenoxy) is 2. The Morgan fingerprint density at radius 3 is 2.67 bits per heavy atom. The highest BCUT2D eigenvalue weighted by molar-refractivity contribution is 7.09. The Balaban J connectivity index is 1.31. The number of anilines is 1. The molecular formula is C22H24N2O2S. The van der Waals surface area contributed by atoms with Crippen LogP contribution in [0, 0.1) is 6.92 Å². The molecule has 1 aromatic heterocycles. The predicted octanol–water partition coefficient (Wildman–Crippen LogP) is 4.96. The number of thiazole rings is 1. The summed E-state index contributed by atoms with van der Waals surface area (Å²) in [4.78, 5) is 7.07. The second-order valence-corrected chi connectivity index (χ2v) is 7.77. The number of hydrogen-bond acceptors (Lipinski definition) is 5. The Hall–Kier alpha value is -2.53. The Kier molecular flexibility index (Phi) is 5.30. The molecule has 0 fully saturated rings. The van der Waals surface area contributed by atoms with Crippen molar-refractivity contribution in [3.05, 3.63) is 58.4 Å². The van der Waals surface area contributed by atoms with Crippen LogP contribution in [-0.4, -0.2) is 31.8 Å². The van der Waals surface area contributed by atoms with Crippen LogP contribution in [0.15, 0.2) is 47.8 Å². The van der Waals surface area contributed by atoms with Gasteiger partial charge < -0.3 is 14.4 Å². The lowest BCUT2D eigenvalue weighted by Gasteiger charge is -2.19. The van der Waals surface area contributed by atoms with E-state index < -0.39 is 0 Å². The van der Waals surface area contributed by atoms with Gasteiger partial charge in [0.05, 0.1) is 24.4 Å². The number of benzene rings is 2. The molecule has 27 heavy (non-hydrogen) atoms. The average Bonchev–Trinajstić information content (AvgIpc) is 3.31. The van der Waals surface area contributed by atoms with Crippen molar-refractivity contribution in [1.29, 1.82) is 0 Å². The average molecular weight is 381 g/mol. The highest BCUT2D eigenvalue weighted by Crippen LogP contribution is 2.32. The van der Waals surface area contributed by atoms with Gasteiger partial charge in [-0.3, -0.25) is 0 Å². The molecule has 1 aliphatic rings. The fourth-order valence-electron chi connectivity index (χ4n) is 3.48. The minimum absolute atomic E-state index is 0.717. The lowest BCUT2D eigenvalue weighted by atomic mass is 10.1. The van der Waals surface area contributed by atoms with Gasteiger partial charge in [0, 0.05) is 29.7 Å². The van der Waals surface area contributed by atoms with E-state index in [1.165, 1.54) is 16.8 Å². The first-order valence-corrected chi connectivity index (χ1v) is 10.2. The highest BCUT2D eigenvalue weighted by atomic mass is 32.1. The molecule has 0 amide bonds. The number of nitrogens with zero attached hydrogens (tertiary/aromatic N) is 2. The van der Waals surface area contributed by atoms with Crippen molar-refractivity contribution in [2.24, 2.45) is 0 Å². The van der Waals surface area contributed by atoms with Gasteiger partial charge in [0.15, 0.2) is 0 Å². The molecule has 0 atom stereocenters. The molecule has 4 nitrogen and oxygen atoms in total. The quantitative estimate of drug-likeness (QED) is 0.543. The minimum Gasteiger partial charge on any atom is -0.497 e. The Labute approximate surface area is 164 Å². The molecule has 0 aliphatic carbocycles. The van der Waals surface area contributed by atoms with E-state index in [1.807, 2.05) is 24.3 Å². The Bertz CT molecular complexity index is 905. The summed E-state index contributed by atoms with van der Waals surface area (Å²) in [6, 6.07) is 14.5. The van der Waals surface area contributed by atoms with E-state index in [9.17, 15) is 0 Å². The zero-order valence-electron chi connectivity index (χ0n) is 15.8. The largest absolute Gasteiger partial charge is 0.497 e. The van der Waals surface area contributed by atoms with Crippen LogP contribution in [0.25, 0.3) is 11.3 Å². The van der Waals surface area contributed by atoms with Crippen molar-refractivity contribution < 1.29 is 9.47 Å². The number of aromatic nitrogens is 1. The molecular weight excluding hydrogens is 356 g/mol. The van der Waals surface area contributed by atoms with Crippen LogP contribution in [0.1, 0.15) is 17.0 Å². The van der Waals surface area contributed by atoms with Gasteiger partial charge in [-0.25, -0.2) is 4.98 Å². The molecule has 140 valence electrons. The fraction of sp³-hybridized carbons (Fsp3) is 0.318. The molecule has 5 heteroatoms. The van der Waals surface area contributed by atoms with Gasteiger partial charge in [-0.05, 0) is 61.7 Å². The SMILES string of the molecule is COc1ccc(OCCCN2CCc3cc(-c4csc(C)n4)ccc32)cc1. The number of methoxy groups -OCH3 is 1. The maximum absolute atomic E-state index is 5.84. The molecule has 4 rings (SSSR count). The van der Waals surface area contributed by atoms with Crippen LogP contribution in [0.3, 0.4) is 0 Å². The van der Waals surface area contributed by atoms with Crippen molar-refractivity contribution in [1.82, 2.24) is 4.98 Å². The molecule has 2 aromatic carbocycles. The molecule has 0 spiro atoms. The first-order chi connectivity index (χ1) is 13.2. The monoisotopic (exact) mass is 380 g/mol. The summed E-state index contributed by atoms with van der Waals surface area (Å²) < 4.78 is 11.0. The van der Waals surface area contributed by atoms with E-state index in [0.29, 0.717) is 6.61 Å². The number of hydrogen-bond donors (Lipinski definition) is 0. The lowest BCUT2D eigenvalue weighted by Crippen LogP contribution is -2.23. The predicted molar refractivity (Wildman–Crippen MR) is 111 cm³/mol. The number of aryl methyl sites for hydroxylation is 1. The van der Waals surface area contributed by atoms with Crippen LogP contribution >= 0.6 is 11.3 Å². The Morgan fingerprint density at radius 1 is 1.11 bits per heavy atom. The summed E-state index contributed by atoms with van der Waals surface area (Å²) in [6.07, 6.45) is 2.10. The zero-order chi connectivity index (χ0) is 18.6. The van der Waals surface area contributed by atoms with Crippen molar-refractivity contribution in [3.63, 3.8) is 0 Å². The Morgan fingerprint density at radius 2 is 1.93 bits per heavy atom. The normalized spacial score (nSPS) is 12.9. The molecule has 1 aliphatic heterocycles. The van der Waals surface area contributed by atoms with Crippen LogP contribution in [0.5, 0.6) is 11.5 Å². The maximum Gasteiger partial charge on any atom is 0.119 e. The summed E-state index contributed by atoms with van der Waals surface area (Å²) >= 11 is 1.70. The maximum atomic E-state index is 5.84. The topological polar surface area (TPSA) is 34.6 Å². The van der Waals surface area contributed by atoms with E-state index >= 15 is 0 Å². The third-order valence-electron chi connectivity index (χ3n) is 4.89. The van der Waals surface area contributed by atoms with Crippen LogP contribution in [0.2, 0.25) is 0 Å². The van der Waals surface area contributed by atoms with Gasteiger partial charge in [-0.1, -0.05) is 6.07 Å². The molecule has 0 bridgehead atoms. The van der Waals surface area contributed by atoms with Crippen LogP contribution in [0.4, 0.5) is 5.69 Å².